The summed E-state index contributed by atoms with van der Waals surface area (Å²) in [6, 6.07) is 7.38. The van der Waals surface area contributed by atoms with Gasteiger partial charge in [0.05, 0.1) is 17.9 Å². The van der Waals surface area contributed by atoms with E-state index in [0.717, 1.165) is 32.1 Å². The van der Waals surface area contributed by atoms with E-state index < -0.39 is 5.60 Å². The first-order valence-corrected chi connectivity index (χ1v) is 10.0. The number of carbonyl (C=O) groups excluding carboxylic acids is 1. The van der Waals surface area contributed by atoms with Crippen molar-refractivity contribution < 1.29 is 14.3 Å². The largest absolute Gasteiger partial charge is 0.493 e. The Morgan fingerprint density at radius 2 is 2.22 bits per heavy atom. The van der Waals surface area contributed by atoms with Crippen LogP contribution >= 0.6 is 0 Å². The Hall–Kier alpha value is -2.06. The summed E-state index contributed by atoms with van der Waals surface area (Å²) in [7, 11) is 0. The number of nitriles is 1. The molecule has 1 amide bonds. The van der Waals surface area contributed by atoms with Gasteiger partial charge in [0.15, 0.2) is 0 Å². The molecule has 2 atom stereocenters. The number of nitrogens with one attached hydrogen (secondary N) is 1. The minimum atomic E-state index is -0.798. The Bertz CT molecular complexity index is 681. The summed E-state index contributed by atoms with van der Waals surface area (Å²) in [5, 5.41) is 12.5. The highest BCUT2D eigenvalue weighted by atomic mass is 16.5. The molecule has 1 aromatic rings. The van der Waals surface area contributed by atoms with Gasteiger partial charge >= 0.3 is 0 Å². The Balaban J connectivity index is 2.17. The standard InChI is InChI=1S/C22H32N2O3/c1-5-11-27-22(10-6-7-17(4)13-22)21(25)24-20-9-8-19(12-18(20)14-23)26-15-16(2)3/h8-9,12,16-17H,5-7,10-11,13,15H2,1-4H3,(H,24,25). The highest BCUT2D eigenvalue weighted by Gasteiger charge is 2.42. The molecule has 0 radical (unpaired) electrons. The van der Waals surface area contributed by atoms with Crippen LogP contribution in [0.2, 0.25) is 0 Å². The summed E-state index contributed by atoms with van der Waals surface area (Å²) in [6.07, 6.45) is 4.41. The number of anilines is 1. The lowest BCUT2D eigenvalue weighted by Crippen LogP contribution is -2.48. The zero-order valence-electron chi connectivity index (χ0n) is 17.0. The molecule has 5 nitrogen and oxygen atoms in total. The van der Waals surface area contributed by atoms with E-state index in [1.165, 1.54) is 0 Å². The molecule has 0 spiro atoms. The highest BCUT2D eigenvalue weighted by molar-refractivity contribution is 5.98. The molecule has 1 aromatic carbocycles. The zero-order chi connectivity index (χ0) is 19.9. The van der Waals surface area contributed by atoms with Crippen molar-refractivity contribution in [2.24, 2.45) is 11.8 Å². The molecular formula is C22H32N2O3. The van der Waals surface area contributed by atoms with Crippen LogP contribution in [0.3, 0.4) is 0 Å². The third kappa shape index (κ3) is 5.71. The van der Waals surface area contributed by atoms with Gasteiger partial charge in [0, 0.05) is 6.61 Å². The maximum atomic E-state index is 13.1. The van der Waals surface area contributed by atoms with Crippen molar-refractivity contribution in [3.8, 4) is 11.8 Å². The van der Waals surface area contributed by atoms with Gasteiger partial charge in [0.1, 0.15) is 17.4 Å². The lowest BCUT2D eigenvalue weighted by atomic mass is 9.78. The maximum Gasteiger partial charge on any atom is 0.256 e. The first-order valence-electron chi connectivity index (χ1n) is 10.0. The van der Waals surface area contributed by atoms with E-state index in [-0.39, 0.29) is 5.91 Å². The van der Waals surface area contributed by atoms with Gasteiger partial charge < -0.3 is 14.8 Å². The van der Waals surface area contributed by atoms with Gasteiger partial charge in [0.25, 0.3) is 5.91 Å². The fourth-order valence-corrected chi connectivity index (χ4v) is 3.52. The van der Waals surface area contributed by atoms with Crippen LogP contribution < -0.4 is 10.1 Å². The van der Waals surface area contributed by atoms with Crippen molar-refractivity contribution in [3.63, 3.8) is 0 Å². The van der Waals surface area contributed by atoms with E-state index in [9.17, 15) is 10.1 Å². The fraction of sp³-hybridized carbons (Fsp3) is 0.636. The van der Waals surface area contributed by atoms with E-state index in [1.54, 1.807) is 18.2 Å². The van der Waals surface area contributed by atoms with E-state index in [4.69, 9.17) is 9.47 Å². The van der Waals surface area contributed by atoms with Crippen LogP contribution in [0.15, 0.2) is 18.2 Å². The highest BCUT2D eigenvalue weighted by Crippen LogP contribution is 2.37. The van der Waals surface area contributed by atoms with E-state index >= 15 is 0 Å². The Morgan fingerprint density at radius 3 is 2.85 bits per heavy atom. The average molecular weight is 373 g/mol. The van der Waals surface area contributed by atoms with Crippen molar-refractivity contribution in [1.29, 1.82) is 5.26 Å². The molecule has 1 fully saturated rings. The van der Waals surface area contributed by atoms with E-state index in [1.807, 2.05) is 6.92 Å². The first kappa shape index (κ1) is 21.2. The fourth-order valence-electron chi connectivity index (χ4n) is 3.52. The third-order valence-corrected chi connectivity index (χ3v) is 4.90. The molecule has 0 saturated heterocycles. The van der Waals surface area contributed by atoms with Crippen LogP contribution in [-0.4, -0.2) is 24.7 Å². The Labute approximate surface area is 163 Å². The van der Waals surface area contributed by atoms with Crippen molar-refractivity contribution >= 4 is 11.6 Å². The topological polar surface area (TPSA) is 71.3 Å². The quantitative estimate of drug-likeness (QED) is 0.704. The van der Waals surface area contributed by atoms with Crippen molar-refractivity contribution in [2.75, 3.05) is 18.5 Å². The maximum absolute atomic E-state index is 13.1. The van der Waals surface area contributed by atoms with E-state index in [0.29, 0.717) is 42.0 Å². The first-order chi connectivity index (χ1) is 12.9. The van der Waals surface area contributed by atoms with Crippen LogP contribution in [0.1, 0.15) is 65.4 Å². The summed E-state index contributed by atoms with van der Waals surface area (Å²) in [5.74, 6) is 1.35. The second-order valence-corrected chi connectivity index (χ2v) is 8.02. The molecule has 0 bridgehead atoms. The second kappa shape index (κ2) is 9.75. The molecule has 1 N–H and O–H groups in total. The van der Waals surface area contributed by atoms with Gasteiger partial charge in [0.2, 0.25) is 0 Å². The number of hydrogen-bond donors (Lipinski definition) is 1. The summed E-state index contributed by atoms with van der Waals surface area (Å²) < 4.78 is 11.8. The van der Waals surface area contributed by atoms with Crippen LogP contribution in [0, 0.1) is 23.2 Å². The number of amides is 1. The van der Waals surface area contributed by atoms with Gasteiger partial charge in [-0.05, 0) is 55.7 Å². The van der Waals surface area contributed by atoms with Crippen molar-refractivity contribution in [1.82, 2.24) is 0 Å². The van der Waals surface area contributed by atoms with Crippen LogP contribution in [0.4, 0.5) is 5.69 Å². The lowest BCUT2D eigenvalue weighted by Gasteiger charge is -2.38. The Morgan fingerprint density at radius 1 is 1.44 bits per heavy atom. The minimum absolute atomic E-state index is 0.144. The van der Waals surface area contributed by atoms with Crippen LogP contribution in [-0.2, 0) is 9.53 Å². The molecule has 1 saturated carbocycles. The summed E-state index contributed by atoms with van der Waals surface area (Å²) in [4.78, 5) is 13.1. The predicted octanol–water partition coefficient (Wildman–Crippen LogP) is 4.91. The Kier molecular flexibility index (Phi) is 7.67. The third-order valence-electron chi connectivity index (χ3n) is 4.90. The lowest BCUT2D eigenvalue weighted by molar-refractivity contribution is -0.148. The molecule has 1 aliphatic carbocycles. The monoisotopic (exact) mass is 372 g/mol. The normalized spacial score (nSPS) is 22.3. The summed E-state index contributed by atoms with van der Waals surface area (Å²) >= 11 is 0. The molecule has 2 rings (SSSR count). The van der Waals surface area contributed by atoms with Gasteiger partial charge in [-0.2, -0.15) is 5.26 Å². The van der Waals surface area contributed by atoms with Crippen LogP contribution in [0.5, 0.6) is 5.75 Å². The van der Waals surface area contributed by atoms with Gasteiger partial charge in [-0.25, -0.2) is 0 Å². The summed E-state index contributed by atoms with van der Waals surface area (Å²) in [6.45, 7) is 9.50. The zero-order valence-corrected chi connectivity index (χ0v) is 17.0. The molecule has 0 aliphatic heterocycles. The SMILES string of the molecule is CCCOC1(C(=O)Nc2ccc(OCC(C)C)cc2C#N)CCCC(C)C1. The van der Waals surface area contributed by atoms with Gasteiger partial charge in [-0.15, -0.1) is 0 Å². The minimum Gasteiger partial charge on any atom is -0.493 e. The van der Waals surface area contributed by atoms with E-state index in [2.05, 4.69) is 32.2 Å². The molecule has 27 heavy (non-hydrogen) atoms. The average Bonchev–Trinajstić information content (AvgIpc) is 2.65. The molecule has 0 heterocycles. The molecule has 5 heteroatoms. The van der Waals surface area contributed by atoms with Gasteiger partial charge in [-0.3, -0.25) is 4.79 Å². The summed E-state index contributed by atoms with van der Waals surface area (Å²) in [5.41, 5.74) is 0.115. The van der Waals surface area contributed by atoms with Crippen LogP contribution in [0.25, 0.3) is 0 Å². The number of rotatable bonds is 8. The van der Waals surface area contributed by atoms with Crippen molar-refractivity contribution in [2.45, 2.75) is 65.4 Å². The number of nitrogens with zero attached hydrogens (tertiary/aromatic N) is 1. The number of carbonyl (C=O) groups is 1. The second-order valence-electron chi connectivity index (χ2n) is 8.02. The smallest absolute Gasteiger partial charge is 0.256 e. The predicted molar refractivity (Wildman–Crippen MR) is 107 cm³/mol. The molecule has 1 aliphatic rings. The number of ether oxygens (including phenoxy) is 2. The molecule has 148 valence electrons. The molecule has 0 aromatic heterocycles. The van der Waals surface area contributed by atoms with Gasteiger partial charge in [-0.1, -0.05) is 34.1 Å². The van der Waals surface area contributed by atoms with Crippen molar-refractivity contribution in [3.05, 3.63) is 23.8 Å². The molecular weight excluding hydrogens is 340 g/mol. The number of benzene rings is 1. The molecule has 2 unspecified atom stereocenters. The number of hydrogen-bond acceptors (Lipinski definition) is 4.